The molecule has 0 unspecified atom stereocenters. The zero-order chi connectivity index (χ0) is 20.4. The Kier molecular flexibility index (Phi) is 5.74. The van der Waals surface area contributed by atoms with Crippen LogP contribution >= 0.6 is 0 Å². The number of imide groups is 1. The van der Waals surface area contributed by atoms with Crippen molar-refractivity contribution in [3.8, 4) is 5.75 Å². The lowest BCUT2D eigenvalue weighted by Crippen LogP contribution is -2.52. The van der Waals surface area contributed by atoms with Crippen LogP contribution in [0.2, 0.25) is 0 Å². The van der Waals surface area contributed by atoms with Crippen molar-refractivity contribution in [2.75, 3.05) is 44.2 Å². The highest BCUT2D eigenvalue weighted by Gasteiger charge is 2.48. The Labute approximate surface area is 171 Å². The Morgan fingerprint density at radius 3 is 2.24 bits per heavy atom. The number of ether oxygens (including phenoxy) is 1. The van der Waals surface area contributed by atoms with E-state index < -0.39 is 0 Å². The normalized spacial score (nSPS) is 24.7. The Morgan fingerprint density at radius 2 is 1.62 bits per heavy atom. The first-order chi connectivity index (χ1) is 14.1. The van der Waals surface area contributed by atoms with Gasteiger partial charge in [0, 0.05) is 26.2 Å². The van der Waals surface area contributed by atoms with Crippen molar-refractivity contribution < 1.29 is 19.1 Å². The number of hydrogen-bond donors (Lipinski definition) is 0. The third-order valence-electron chi connectivity index (χ3n) is 6.36. The van der Waals surface area contributed by atoms with Gasteiger partial charge in [-0.25, -0.2) is 0 Å². The van der Waals surface area contributed by atoms with Crippen LogP contribution in [0, 0.1) is 11.8 Å². The van der Waals surface area contributed by atoms with Crippen molar-refractivity contribution in [1.82, 2.24) is 9.80 Å². The van der Waals surface area contributed by atoms with Crippen molar-refractivity contribution >= 4 is 23.4 Å². The molecule has 0 spiro atoms. The monoisotopic (exact) mass is 399 g/mol. The predicted octanol–water partition coefficient (Wildman–Crippen LogP) is 1.91. The highest BCUT2D eigenvalue weighted by Crippen LogP contribution is 2.38. The maximum atomic E-state index is 12.8. The van der Waals surface area contributed by atoms with Crippen LogP contribution in [-0.4, -0.2) is 66.9 Å². The molecule has 156 valence electrons. The lowest BCUT2D eigenvalue weighted by Gasteiger charge is -2.37. The number of hydrogen-bond acceptors (Lipinski definition) is 5. The maximum Gasteiger partial charge on any atom is 0.242 e. The van der Waals surface area contributed by atoms with Crippen molar-refractivity contribution in [3.63, 3.8) is 0 Å². The summed E-state index contributed by atoms with van der Waals surface area (Å²) in [6.07, 6.45) is 3.54. The smallest absolute Gasteiger partial charge is 0.242 e. The molecule has 1 aliphatic carbocycles. The van der Waals surface area contributed by atoms with E-state index in [-0.39, 0.29) is 36.1 Å². The molecule has 7 nitrogen and oxygen atoms in total. The fourth-order valence-corrected chi connectivity index (χ4v) is 4.81. The molecule has 0 bridgehead atoms. The standard InChI is InChI=1S/C22H29N3O4/c1-2-29-19-10-6-5-9-18(19)23-11-13-24(14-12-23)20(26)15-25-21(27)16-7-3-4-8-17(16)22(25)28/h5-6,9-10,16-17H,2-4,7-8,11-15H2,1H3/t16-,17+. The molecule has 0 aromatic heterocycles. The summed E-state index contributed by atoms with van der Waals surface area (Å²) in [6.45, 7) is 5.00. The number of amides is 3. The second-order valence-electron chi connectivity index (χ2n) is 8.03. The zero-order valence-electron chi connectivity index (χ0n) is 17.0. The first-order valence-electron chi connectivity index (χ1n) is 10.7. The minimum Gasteiger partial charge on any atom is -0.492 e. The van der Waals surface area contributed by atoms with Gasteiger partial charge in [-0.2, -0.15) is 0 Å². The predicted molar refractivity (Wildman–Crippen MR) is 109 cm³/mol. The number of benzene rings is 1. The van der Waals surface area contributed by atoms with E-state index in [0.29, 0.717) is 32.8 Å². The molecule has 1 aromatic rings. The molecule has 4 rings (SSSR count). The number of piperazine rings is 1. The van der Waals surface area contributed by atoms with E-state index in [4.69, 9.17) is 4.74 Å². The lowest BCUT2D eigenvalue weighted by molar-refractivity contribution is -0.146. The molecule has 1 saturated carbocycles. The average Bonchev–Trinajstić information content (AvgIpc) is 3.00. The SMILES string of the molecule is CCOc1ccccc1N1CCN(C(=O)CN2C(=O)[C@H]3CCCC[C@H]3C2=O)CC1. The molecule has 3 aliphatic rings. The van der Waals surface area contributed by atoms with Crippen LogP contribution in [0.3, 0.4) is 0 Å². The molecule has 0 N–H and O–H groups in total. The van der Waals surface area contributed by atoms with Crippen LogP contribution in [0.25, 0.3) is 0 Å². The number of para-hydroxylation sites is 2. The van der Waals surface area contributed by atoms with Crippen LogP contribution in [0.4, 0.5) is 5.69 Å². The van der Waals surface area contributed by atoms with E-state index in [1.165, 1.54) is 4.90 Å². The van der Waals surface area contributed by atoms with Crippen LogP contribution in [0.15, 0.2) is 24.3 Å². The lowest BCUT2D eigenvalue weighted by atomic mass is 9.81. The van der Waals surface area contributed by atoms with Gasteiger partial charge in [0.15, 0.2) is 0 Å². The van der Waals surface area contributed by atoms with E-state index in [9.17, 15) is 14.4 Å². The third kappa shape index (κ3) is 3.82. The molecule has 2 aliphatic heterocycles. The highest BCUT2D eigenvalue weighted by molar-refractivity contribution is 6.07. The molecule has 2 heterocycles. The molecular weight excluding hydrogens is 370 g/mol. The van der Waals surface area contributed by atoms with E-state index in [1.807, 2.05) is 31.2 Å². The maximum absolute atomic E-state index is 12.8. The second-order valence-corrected chi connectivity index (χ2v) is 8.03. The summed E-state index contributed by atoms with van der Waals surface area (Å²) in [7, 11) is 0. The molecule has 3 amide bonds. The number of fused-ring (bicyclic) bond motifs is 1. The van der Waals surface area contributed by atoms with Crippen LogP contribution < -0.4 is 9.64 Å². The van der Waals surface area contributed by atoms with E-state index in [2.05, 4.69) is 4.90 Å². The Hall–Kier alpha value is -2.57. The zero-order valence-corrected chi connectivity index (χ0v) is 17.0. The molecule has 7 heteroatoms. The van der Waals surface area contributed by atoms with Gasteiger partial charge in [-0.15, -0.1) is 0 Å². The summed E-state index contributed by atoms with van der Waals surface area (Å²) in [6, 6.07) is 7.93. The van der Waals surface area contributed by atoms with Gasteiger partial charge in [-0.1, -0.05) is 25.0 Å². The van der Waals surface area contributed by atoms with Gasteiger partial charge in [0.1, 0.15) is 12.3 Å². The second kappa shape index (κ2) is 8.43. The number of carbonyl (C=O) groups is 3. The number of rotatable bonds is 5. The van der Waals surface area contributed by atoms with Gasteiger partial charge in [-0.05, 0) is 31.9 Å². The molecular formula is C22H29N3O4. The molecule has 29 heavy (non-hydrogen) atoms. The first-order valence-corrected chi connectivity index (χ1v) is 10.7. The summed E-state index contributed by atoms with van der Waals surface area (Å²) >= 11 is 0. The third-order valence-corrected chi connectivity index (χ3v) is 6.36. The summed E-state index contributed by atoms with van der Waals surface area (Å²) in [5, 5.41) is 0. The first kappa shape index (κ1) is 19.7. The van der Waals surface area contributed by atoms with E-state index in [1.54, 1.807) is 4.90 Å². The van der Waals surface area contributed by atoms with Crippen molar-refractivity contribution in [2.45, 2.75) is 32.6 Å². The molecule has 0 radical (unpaired) electrons. The Balaban J connectivity index is 1.35. The van der Waals surface area contributed by atoms with Gasteiger partial charge >= 0.3 is 0 Å². The van der Waals surface area contributed by atoms with Crippen LogP contribution in [0.5, 0.6) is 5.75 Å². The molecule has 3 fully saturated rings. The number of nitrogens with zero attached hydrogens (tertiary/aromatic N) is 3. The summed E-state index contributed by atoms with van der Waals surface area (Å²) in [5.41, 5.74) is 1.04. The minimum atomic E-state index is -0.198. The number of anilines is 1. The van der Waals surface area contributed by atoms with Gasteiger partial charge in [-0.3, -0.25) is 19.3 Å². The average molecular weight is 399 g/mol. The van der Waals surface area contributed by atoms with Crippen LogP contribution in [0.1, 0.15) is 32.6 Å². The fourth-order valence-electron chi connectivity index (χ4n) is 4.81. The van der Waals surface area contributed by atoms with Crippen molar-refractivity contribution in [3.05, 3.63) is 24.3 Å². The van der Waals surface area contributed by atoms with Gasteiger partial charge in [0.25, 0.3) is 0 Å². The van der Waals surface area contributed by atoms with E-state index >= 15 is 0 Å². The summed E-state index contributed by atoms with van der Waals surface area (Å²) in [5.74, 6) is 0.0373. The Bertz CT molecular complexity index is 764. The van der Waals surface area contributed by atoms with Crippen LogP contribution in [-0.2, 0) is 14.4 Å². The quantitative estimate of drug-likeness (QED) is 0.708. The van der Waals surface area contributed by atoms with E-state index in [0.717, 1.165) is 37.1 Å². The van der Waals surface area contributed by atoms with Crippen molar-refractivity contribution in [2.24, 2.45) is 11.8 Å². The molecule has 2 saturated heterocycles. The van der Waals surface area contributed by atoms with Gasteiger partial charge < -0.3 is 14.5 Å². The largest absolute Gasteiger partial charge is 0.492 e. The number of carbonyl (C=O) groups excluding carboxylic acids is 3. The fraction of sp³-hybridized carbons (Fsp3) is 0.591. The highest BCUT2D eigenvalue weighted by atomic mass is 16.5. The molecule has 2 atom stereocenters. The van der Waals surface area contributed by atoms with Crippen molar-refractivity contribution in [1.29, 1.82) is 0 Å². The minimum absolute atomic E-state index is 0.111. The Morgan fingerprint density at radius 1 is 1.00 bits per heavy atom. The topological polar surface area (TPSA) is 70.2 Å². The number of likely N-dealkylation sites (tertiary alicyclic amines) is 1. The summed E-state index contributed by atoms with van der Waals surface area (Å²) < 4.78 is 5.72. The van der Waals surface area contributed by atoms with Gasteiger partial charge in [0.2, 0.25) is 17.7 Å². The summed E-state index contributed by atoms with van der Waals surface area (Å²) in [4.78, 5) is 43.2. The molecule has 1 aromatic carbocycles. The van der Waals surface area contributed by atoms with Gasteiger partial charge in [0.05, 0.1) is 24.1 Å².